The Balaban J connectivity index is 1.90. The van der Waals surface area contributed by atoms with Crippen molar-refractivity contribution in [2.45, 2.75) is 26.2 Å². The average molecular weight is 226 g/mol. The molecule has 3 nitrogen and oxygen atoms in total. The molecule has 1 aliphatic rings. The fraction of sp³-hybridized carbons (Fsp3) is 0.636. The molecule has 4 heteroatoms. The van der Waals surface area contributed by atoms with Crippen LogP contribution in [0, 0.1) is 11.8 Å². The first-order chi connectivity index (χ1) is 7.27. The third-order valence-electron chi connectivity index (χ3n) is 3.22. The van der Waals surface area contributed by atoms with Crippen LogP contribution in [-0.4, -0.2) is 16.5 Å². The van der Waals surface area contributed by atoms with Gasteiger partial charge in [-0.15, -0.1) is 0 Å². The van der Waals surface area contributed by atoms with E-state index in [-0.39, 0.29) is 0 Å². The van der Waals surface area contributed by atoms with Gasteiger partial charge >= 0.3 is 0 Å². The molecule has 2 rings (SSSR count). The highest BCUT2D eigenvalue weighted by Crippen LogP contribution is 2.31. The van der Waals surface area contributed by atoms with Crippen molar-refractivity contribution in [2.24, 2.45) is 11.8 Å². The Kier molecular flexibility index (Phi) is 3.41. The van der Waals surface area contributed by atoms with Gasteiger partial charge in [-0.3, -0.25) is 0 Å². The molecule has 1 saturated carbocycles. The summed E-state index contributed by atoms with van der Waals surface area (Å²) in [6, 6.07) is 0. The molecule has 2 unspecified atom stereocenters. The molecule has 1 aliphatic carbocycles. The normalized spacial score (nSPS) is 25.5. The molecule has 0 bridgehead atoms. The number of nitrogens with one attached hydrogen (secondary N) is 1. The summed E-state index contributed by atoms with van der Waals surface area (Å²) in [5.74, 6) is 2.27. The lowest BCUT2D eigenvalue weighted by Crippen LogP contribution is -2.17. The Morgan fingerprint density at radius 1 is 1.40 bits per heavy atom. The zero-order valence-corrected chi connectivity index (χ0v) is 9.67. The molecule has 0 spiro atoms. The molecule has 2 atom stereocenters. The number of rotatable bonds is 3. The minimum atomic E-state index is 0.461. The molecule has 0 amide bonds. The van der Waals surface area contributed by atoms with E-state index in [1.807, 2.05) is 0 Å². The second-order valence-corrected chi connectivity index (χ2v) is 4.60. The van der Waals surface area contributed by atoms with Crippen LogP contribution in [0.3, 0.4) is 0 Å². The van der Waals surface area contributed by atoms with E-state index in [1.54, 1.807) is 12.4 Å². The van der Waals surface area contributed by atoms with Gasteiger partial charge in [-0.05, 0) is 18.3 Å². The molecule has 1 fully saturated rings. The second kappa shape index (κ2) is 4.79. The van der Waals surface area contributed by atoms with Gasteiger partial charge in [0.15, 0.2) is 11.0 Å². The predicted octanol–water partition coefficient (Wildman–Crippen LogP) is 2.98. The van der Waals surface area contributed by atoms with Crippen molar-refractivity contribution in [2.75, 3.05) is 11.9 Å². The van der Waals surface area contributed by atoms with E-state index in [9.17, 15) is 0 Å². The monoisotopic (exact) mass is 225 g/mol. The van der Waals surface area contributed by atoms with Crippen LogP contribution in [0.25, 0.3) is 0 Å². The minimum absolute atomic E-state index is 0.461. The van der Waals surface area contributed by atoms with Crippen molar-refractivity contribution in [1.82, 2.24) is 9.97 Å². The van der Waals surface area contributed by atoms with Crippen LogP contribution in [0.1, 0.15) is 26.2 Å². The number of hydrogen-bond donors (Lipinski definition) is 1. The third-order valence-corrected chi connectivity index (χ3v) is 3.50. The van der Waals surface area contributed by atoms with Crippen LogP contribution in [0.5, 0.6) is 0 Å². The van der Waals surface area contributed by atoms with E-state index >= 15 is 0 Å². The third kappa shape index (κ3) is 2.59. The second-order valence-electron chi connectivity index (χ2n) is 4.24. The Bertz CT molecular complexity index is 329. The molecule has 1 N–H and O–H groups in total. The first kappa shape index (κ1) is 10.7. The van der Waals surface area contributed by atoms with Crippen LogP contribution in [-0.2, 0) is 0 Å². The number of nitrogens with zero attached hydrogens (tertiary/aromatic N) is 2. The quantitative estimate of drug-likeness (QED) is 0.860. The van der Waals surface area contributed by atoms with Crippen molar-refractivity contribution in [3.05, 3.63) is 17.5 Å². The Morgan fingerprint density at radius 2 is 2.20 bits per heavy atom. The van der Waals surface area contributed by atoms with Crippen molar-refractivity contribution < 1.29 is 0 Å². The lowest BCUT2D eigenvalue weighted by Gasteiger charge is -2.16. The summed E-state index contributed by atoms with van der Waals surface area (Å²) in [7, 11) is 0. The zero-order valence-electron chi connectivity index (χ0n) is 8.91. The van der Waals surface area contributed by atoms with Crippen LogP contribution >= 0.6 is 11.6 Å². The van der Waals surface area contributed by atoms with Crippen LogP contribution in [0.4, 0.5) is 5.82 Å². The molecular formula is C11H16ClN3. The summed E-state index contributed by atoms with van der Waals surface area (Å²) in [6.45, 7) is 3.28. The Labute approximate surface area is 95.3 Å². The Morgan fingerprint density at radius 3 is 2.87 bits per heavy atom. The van der Waals surface area contributed by atoms with Gasteiger partial charge in [-0.25, -0.2) is 9.97 Å². The minimum Gasteiger partial charge on any atom is -0.367 e. The first-order valence-electron chi connectivity index (χ1n) is 5.47. The molecule has 82 valence electrons. The zero-order chi connectivity index (χ0) is 10.7. The van der Waals surface area contributed by atoms with Gasteiger partial charge in [0.05, 0.1) is 0 Å². The van der Waals surface area contributed by atoms with E-state index in [2.05, 4.69) is 22.2 Å². The molecule has 15 heavy (non-hydrogen) atoms. The van der Waals surface area contributed by atoms with Gasteiger partial charge in [0.1, 0.15) is 0 Å². The lowest BCUT2D eigenvalue weighted by atomic mass is 9.98. The van der Waals surface area contributed by atoms with Crippen LogP contribution < -0.4 is 5.32 Å². The summed E-state index contributed by atoms with van der Waals surface area (Å²) < 4.78 is 0. The van der Waals surface area contributed by atoms with E-state index in [0.29, 0.717) is 11.0 Å². The number of halogens is 1. The first-order valence-corrected chi connectivity index (χ1v) is 5.85. The summed E-state index contributed by atoms with van der Waals surface area (Å²) in [6.07, 6.45) is 7.27. The molecule has 1 aromatic heterocycles. The highest BCUT2D eigenvalue weighted by molar-refractivity contribution is 6.31. The van der Waals surface area contributed by atoms with E-state index in [1.165, 1.54) is 19.3 Å². The maximum absolute atomic E-state index is 5.91. The highest BCUT2D eigenvalue weighted by Gasteiger charge is 2.23. The van der Waals surface area contributed by atoms with Crippen LogP contribution in [0.2, 0.25) is 5.15 Å². The van der Waals surface area contributed by atoms with E-state index < -0.39 is 0 Å². The van der Waals surface area contributed by atoms with Crippen molar-refractivity contribution >= 4 is 17.4 Å². The van der Waals surface area contributed by atoms with Gasteiger partial charge in [-0.1, -0.05) is 31.4 Å². The summed E-state index contributed by atoms with van der Waals surface area (Å²) in [5.41, 5.74) is 0. The SMILES string of the molecule is CC1CCCC1CNc1nccnc1Cl. The topological polar surface area (TPSA) is 37.8 Å². The molecule has 0 saturated heterocycles. The number of anilines is 1. The molecule has 1 aromatic rings. The van der Waals surface area contributed by atoms with Gasteiger partial charge in [0.2, 0.25) is 0 Å². The van der Waals surface area contributed by atoms with Gasteiger partial charge in [-0.2, -0.15) is 0 Å². The van der Waals surface area contributed by atoms with Crippen molar-refractivity contribution in [3.63, 3.8) is 0 Å². The van der Waals surface area contributed by atoms with Gasteiger partial charge < -0.3 is 5.32 Å². The van der Waals surface area contributed by atoms with Crippen molar-refractivity contribution in [3.8, 4) is 0 Å². The number of hydrogen-bond acceptors (Lipinski definition) is 3. The molecule has 1 heterocycles. The fourth-order valence-corrected chi connectivity index (χ4v) is 2.36. The lowest BCUT2D eigenvalue weighted by molar-refractivity contribution is 0.439. The molecule has 0 aromatic carbocycles. The maximum atomic E-state index is 5.91. The summed E-state index contributed by atoms with van der Waals surface area (Å²) in [4.78, 5) is 8.14. The maximum Gasteiger partial charge on any atom is 0.171 e. The highest BCUT2D eigenvalue weighted by atomic mass is 35.5. The molecule has 0 aliphatic heterocycles. The molecule has 0 radical (unpaired) electrons. The average Bonchev–Trinajstić information content (AvgIpc) is 2.63. The standard InChI is InChI=1S/C11H16ClN3/c1-8-3-2-4-9(8)7-15-11-10(12)13-5-6-14-11/h5-6,8-9H,2-4,7H2,1H3,(H,14,15). The fourth-order valence-electron chi connectivity index (χ4n) is 2.19. The van der Waals surface area contributed by atoms with Crippen molar-refractivity contribution in [1.29, 1.82) is 0 Å². The van der Waals surface area contributed by atoms with Crippen LogP contribution in [0.15, 0.2) is 12.4 Å². The predicted molar refractivity (Wildman–Crippen MR) is 62.0 cm³/mol. The Hall–Kier alpha value is -0.830. The van der Waals surface area contributed by atoms with Gasteiger partial charge in [0.25, 0.3) is 0 Å². The van der Waals surface area contributed by atoms with E-state index in [0.717, 1.165) is 18.4 Å². The number of aromatic nitrogens is 2. The summed E-state index contributed by atoms with van der Waals surface area (Å²) in [5, 5.41) is 3.74. The van der Waals surface area contributed by atoms with E-state index in [4.69, 9.17) is 11.6 Å². The summed E-state index contributed by atoms with van der Waals surface area (Å²) >= 11 is 5.91. The largest absolute Gasteiger partial charge is 0.367 e. The van der Waals surface area contributed by atoms with Gasteiger partial charge in [0, 0.05) is 18.9 Å². The smallest absolute Gasteiger partial charge is 0.171 e. The molecular weight excluding hydrogens is 210 g/mol.